The van der Waals surface area contributed by atoms with E-state index in [0.29, 0.717) is 11.8 Å². The molecule has 0 radical (unpaired) electrons. The Labute approximate surface area is 123 Å². The molecule has 2 bridgehead atoms. The number of nitrogens with zero attached hydrogens (tertiary/aromatic N) is 1. The Balaban J connectivity index is 1.73. The van der Waals surface area contributed by atoms with Crippen molar-refractivity contribution in [2.45, 2.75) is 26.3 Å². The van der Waals surface area contributed by atoms with Gasteiger partial charge < -0.3 is 5.11 Å². The molecule has 3 fully saturated rings. The van der Waals surface area contributed by atoms with E-state index >= 15 is 0 Å². The van der Waals surface area contributed by atoms with E-state index in [0.717, 1.165) is 11.3 Å². The number of carbonyl (C=O) groups is 3. The normalized spacial score (nSPS) is 44.0. The molecule has 1 saturated heterocycles. The second-order valence-electron chi connectivity index (χ2n) is 7.23. The van der Waals surface area contributed by atoms with E-state index in [-0.39, 0.29) is 41.4 Å². The van der Waals surface area contributed by atoms with Gasteiger partial charge >= 0.3 is 5.97 Å². The van der Waals surface area contributed by atoms with Gasteiger partial charge in [-0.05, 0) is 36.0 Å². The monoisotopic (exact) mass is 289 g/mol. The number of hydrogen-bond donors (Lipinski definition) is 1. The fourth-order valence-electron chi connectivity index (χ4n) is 4.95. The van der Waals surface area contributed by atoms with Crippen LogP contribution in [0.3, 0.4) is 0 Å². The average Bonchev–Trinajstić information content (AvgIpc) is 3.19. The van der Waals surface area contributed by atoms with Crippen LogP contribution in [0.25, 0.3) is 0 Å². The molecule has 21 heavy (non-hydrogen) atoms. The predicted molar refractivity (Wildman–Crippen MR) is 72.8 cm³/mol. The number of hydrogen-bond acceptors (Lipinski definition) is 3. The minimum absolute atomic E-state index is 0.146. The van der Waals surface area contributed by atoms with Crippen LogP contribution in [0.2, 0.25) is 0 Å². The maximum absolute atomic E-state index is 12.8. The summed E-state index contributed by atoms with van der Waals surface area (Å²) in [5, 5.41) is 9.42. The molecule has 112 valence electrons. The van der Waals surface area contributed by atoms with Gasteiger partial charge in [0.2, 0.25) is 11.8 Å². The number of imide groups is 1. The van der Waals surface area contributed by atoms with E-state index in [9.17, 15) is 19.5 Å². The molecule has 1 heterocycles. The van der Waals surface area contributed by atoms with Crippen molar-refractivity contribution in [1.29, 1.82) is 0 Å². The first kappa shape index (κ1) is 13.0. The quantitative estimate of drug-likeness (QED) is 0.624. The number of carboxylic acid groups (broad SMARTS) is 1. The molecule has 1 N–H and O–H groups in total. The first-order valence-corrected chi connectivity index (χ1v) is 7.71. The van der Waals surface area contributed by atoms with Gasteiger partial charge in [-0.3, -0.25) is 14.5 Å². The van der Waals surface area contributed by atoms with E-state index in [4.69, 9.17) is 0 Å². The van der Waals surface area contributed by atoms with Crippen LogP contribution in [-0.4, -0.2) is 33.8 Å². The SMILES string of the molecule is CC(C)[C@H](C(=O)O)N1C(=O)[C@H]2[C@@H]3C=C[C@H]([C@H]4C[C@H]34)[C@@H]2C1=O. The Morgan fingerprint density at radius 2 is 1.62 bits per heavy atom. The van der Waals surface area contributed by atoms with Crippen molar-refractivity contribution < 1.29 is 19.5 Å². The minimum Gasteiger partial charge on any atom is -0.480 e. The molecular weight excluding hydrogens is 270 g/mol. The minimum atomic E-state index is -1.09. The highest BCUT2D eigenvalue weighted by Gasteiger charge is 2.68. The molecule has 0 aromatic heterocycles. The van der Waals surface area contributed by atoms with Crippen molar-refractivity contribution in [2.24, 2.45) is 41.4 Å². The number of carboxylic acids is 1. The molecule has 4 aliphatic carbocycles. The topological polar surface area (TPSA) is 74.7 Å². The summed E-state index contributed by atoms with van der Waals surface area (Å²) < 4.78 is 0. The molecule has 2 amide bonds. The number of aliphatic carboxylic acids is 1. The Hall–Kier alpha value is -1.65. The van der Waals surface area contributed by atoms with Crippen molar-refractivity contribution in [1.82, 2.24) is 4.90 Å². The number of allylic oxidation sites excluding steroid dienone is 2. The molecule has 2 saturated carbocycles. The lowest BCUT2D eigenvalue weighted by atomic mass is 9.63. The first-order chi connectivity index (χ1) is 9.93. The molecule has 0 unspecified atom stereocenters. The summed E-state index contributed by atoms with van der Waals surface area (Å²) in [5.41, 5.74) is 0. The zero-order valence-electron chi connectivity index (χ0n) is 12.1. The van der Waals surface area contributed by atoms with E-state index < -0.39 is 12.0 Å². The van der Waals surface area contributed by atoms with Gasteiger partial charge in [0.15, 0.2) is 0 Å². The fourth-order valence-corrected chi connectivity index (χ4v) is 4.95. The standard InChI is InChI=1S/C16H19NO4/c1-6(2)13(16(20)21)17-14(18)11-7-3-4-8(10-5-9(7)10)12(11)15(17)19/h3-4,6-13H,5H2,1-2H3,(H,20,21)/t7-,8-,9-,10-,11+,12+,13-/m1/s1. The van der Waals surface area contributed by atoms with E-state index in [1.165, 1.54) is 0 Å². The second-order valence-corrected chi connectivity index (χ2v) is 7.23. The van der Waals surface area contributed by atoms with E-state index in [1.54, 1.807) is 13.8 Å². The van der Waals surface area contributed by atoms with Crippen LogP contribution in [0, 0.1) is 41.4 Å². The van der Waals surface area contributed by atoms with Gasteiger partial charge in [-0.1, -0.05) is 26.0 Å². The number of carbonyl (C=O) groups excluding carboxylic acids is 2. The van der Waals surface area contributed by atoms with Gasteiger partial charge in [0.1, 0.15) is 6.04 Å². The summed E-state index contributed by atoms with van der Waals surface area (Å²) in [6.07, 6.45) is 5.31. The summed E-state index contributed by atoms with van der Waals surface area (Å²) in [7, 11) is 0. The third-order valence-corrected chi connectivity index (χ3v) is 5.86. The third-order valence-electron chi connectivity index (χ3n) is 5.86. The highest BCUT2D eigenvalue weighted by atomic mass is 16.4. The zero-order chi connectivity index (χ0) is 15.0. The van der Waals surface area contributed by atoms with E-state index in [1.807, 2.05) is 0 Å². The molecule has 0 spiro atoms. The van der Waals surface area contributed by atoms with Crippen LogP contribution in [0.4, 0.5) is 0 Å². The molecule has 0 aromatic rings. The second kappa shape index (κ2) is 3.96. The van der Waals surface area contributed by atoms with Crippen molar-refractivity contribution in [3.05, 3.63) is 12.2 Å². The molecule has 0 aromatic carbocycles. The predicted octanol–water partition coefficient (Wildman–Crippen LogP) is 1.15. The number of rotatable bonds is 3. The molecule has 5 heteroatoms. The van der Waals surface area contributed by atoms with Crippen molar-refractivity contribution in [3.63, 3.8) is 0 Å². The smallest absolute Gasteiger partial charge is 0.327 e. The third kappa shape index (κ3) is 1.49. The molecule has 5 nitrogen and oxygen atoms in total. The van der Waals surface area contributed by atoms with Gasteiger partial charge in [0, 0.05) is 0 Å². The molecule has 7 atom stereocenters. The Kier molecular flexibility index (Phi) is 2.46. The van der Waals surface area contributed by atoms with Crippen LogP contribution < -0.4 is 0 Å². The van der Waals surface area contributed by atoms with Gasteiger partial charge in [0.05, 0.1) is 11.8 Å². The van der Waals surface area contributed by atoms with Gasteiger partial charge in [-0.25, -0.2) is 4.79 Å². The number of amides is 2. The Morgan fingerprint density at radius 3 is 2.00 bits per heavy atom. The summed E-state index contributed by atoms with van der Waals surface area (Å²) >= 11 is 0. The Bertz CT molecular complexity index is 545. The number of likely N-dealkylation sites (tertiary alicyclic amines) is 1. The van der Waals surface area contributed by atoms with E-state index in [2.05, 4.69) is 12.2 Å². The largest absolute Gasteiger partial charge is 0.480 e. The molecular formula is C16H19NO4. The maximum atomic E-state index is 12.8. The highest BCUT2D eigenvalue weighted by molar-refractivity contribution is 6.08. The molecule has 1 aliphatic heterocycles. The van der Waals surface area contributed by atoms with Crippen LogP contribution in [0.15, 0.2) is 12.2 Å². The fraction of sp³-hybridized carbons (Fsp3) is 0.688. The average molecular weight is 289 g/mol. The molecule has 5 rings (SSSR count). The van der Waals surface area contributed by atoms with Crippen LogP contribution in [0.5, 0.6) is 0 Å². The lowest BCUT2D eigenvalue weighted by molar-refractivity contribution is -0.157. The summed E-state index contributed by atoms with van der Waals surface area (Å²) in [6.45, 7) is 3.48. The van der Waals surface area contributed by atoms with Crippen molar-refractivity contribution in [2.75, 3.05) is 0 Å². The summed E-state index contributed by atoms with van der Waals surface area (Å²) in [4.78, 5) is 38.1. The maximum Gasteiger partial charge on any atom is 0.327 e. The van der Waals surface area contributed by atoms with Crippen LogP contribution in [0.1, 0.15) is 20.3 Å². The Morgan fingerprint density at radius 1 is 1.14 bits per heavy atom. The van der Waals surface area contributed by atoms with Crippen molar-refractivity contribution >= 4 is 17.8 Å². The summed E-state index contributed by atoms with van der Waals surface area (Å²) in [5.74, 6) is -1.12. The van der Waals surface area contributed by atoms with Gasteiger partial charge in [-0.2, -0.15) is 0 Å². The van der Waals surface area contributed by atoms with Crippen molar-refractivity contribution in [3.8, 4) is 0 Å². The summed E-state index contributed by atoms with van der Waals surface area (Å²) in [6, 6.07) is -1.04. The lowest BCUT2D eigenvalue weighted by Gasteiger charge is -2.37. The van der Waals surface area contributed by atoms with Crippen LogP contribution in [-0.2, 0) is 14.4 Å². The van der Waals surface area contributed by atoms with Gasteiger partial charge in [0.25, 0.3) is 0 Å². The highest BCUT2D eigenvalue weighted by Crippen LogP contribution is 2.65. The van der Waals surface area contributed by atoms with Gasteiger partial charge in [-0.15, -0.1) is 0 Å². The zero-order valence-corrected chi connectivity index (χ0v) is 12.1. The van der Waals surface area contributed by atoms with Crippen LogP contribution >= 0.6 is 0 Å². The lowest BCUT2D eigenvalue weighted by Crippen LogP contribution is -2.48. The first-order valence-electron chi connectivity index (χ1n) is 7.71. The molecule has 5 aliphatic rings.